The fourth-order valence-electron chi connectivity index (χ4n) is 1.18. The van der Waals surface area contributed by atoms with Crippen LogP contribution in [0.1, 0.15) is 28.3 Å². The zero-order chi connectivity index (χ0) is 11.3. The number of rotatable bonds is 4. The third-order valence-corrected chi connectivity index (χ3v) is 1.96. The summed E-state index contributed by atoms with van der Waals surface area (Å²) in [6, 6.07) is 0. The van der Waals surface area contributed by atoms with Crippen molar-refractivity contribution in [1.82, 2.24) is 15.3 Å². The van der Waals surface area contributed by atoms with Gasteiger partial charge >= 0.3 is 0 Å². The van der Waals surface area contributed by atoms with Gasteiger partial charge in [0.1, 0.15) is 5.82 Å². The molecule has 5 nitrogen and oxygen atoms in total. The molecule has 0 fully saturated rings. The topological polar surface area (TPSA) is 75.1 Å². The summed E-state index contributed by atoms with van der Waals surface area (Å²) < 4.78 is 0. The van der Waals surface area contributed by atoms with Crippen LogP contribution in [-0.4, -0.2) is 34.1 Å². The standard InChI is InChI=1S/C10H15N3O2/c1-7-9(6-12-8(2)13-7)10(15)11-4-3-5-14/h6,14H,3-5H2,1-2H3,(H,11,15). The number of hydrogen-bond acceptors (Lipinski definition) is 4. The fourth-order valence-corrected chi connectivity index (χ4v) is 1.18. The van der Waals surface area contributed by atoms with Crippen molar-refractivity contribution >= 4 is 5.91 Å². The number of amides is 1. The number of aliphatic hydroxyl groups is 1. The molecule has 0 unspecified atom stereocenters. The highest BCUT2D eigenvalue weighted by Gasteiger charge is 2.09. The van der Waals surface area contributed by atoms with Crippen molar-refractivity contribution in [2.24, 2.45) is 0 Å². The zero-order valence-corrected chi connectivity index (χ0v) is 8.95. The number of aromatic nitrogens is 2. The Morgan fingerprint density at radius 2 is 2.27 bits per heavy atom. The van der Waals surface area contributed by atoms with Crippen molar-refractivity contribution in [1.29, 1.82) is 0 Å². The van der Waals surface area contributed by atoms with Crippen molar-refractivity contribution < 1.29 is 9.90 Å². The third-order valence-electron chi connectivity index (χ3n) is 1.96. The molecule has 0 saturated carbocycles. The van der Waals surface area contributed by atoms with Gasteiger partial charge in [0.2, 0.25) is 0 Å². The summed E-state index contributed by atoms with van der Waals surface area (Å²) in [5.74, 6) is 0.459. The maximum Gasteiger partial charge on any atom is 0.254 e. The average molecular weight is 209 g/mol. The molecule has 1 aromatic heterocycles. The Balaban J connectivity index is 2.65. The second kappa shape index (κ2) is 5.41. The van der Waals surface area contributed by atoms with Gasteiger partial charge in [0.15, 0.2) is 0 Å². The molecule has 0 spiro atoms. The number of carbonyl (C=O) groups excluding carboxylic acids is 1. The number of carbonyl (C=O) groups is 1. The van der Waals surface area contributed by atoms with Crippen molar-refractivity contribution in [2.45, 2.75) is 20.3 Å². The molecule has 0 atom stereocenters. The molecule has 82 valence electrons. The molecule has 15 heavy (non-hydrogen) atoms. The van der Waals surface area contributed by atoms with Crippen LogP contribution in [0.15, 0.2) is 6.20 Å². The van der Waals surface area contributed by atoms with Gasteiger partial charge in [-0.2, -0.15) is 0 Å². The maximum atomic E-state index is 11.6. The van der Waals surface area contributed by atoms with Crippen molar-refractivity contribution in [3.63, 3.8) is 0 Å². The Morgan fingerprint density at radius 3 is 2.87 bits per heavy atom. The molecule has 1 rings (SSSR count). The van der Waals surface area contributed by atoms with Crippen LogP contribution in [-0.2, 0) is 0 Å². The van der Waals surface area contributed by atoms with Gasteiger partial charge in [-0.1, -0.05) is 0 Å². The Labute approximate surface area is 88.6 Å². The lowest BCUT2D eigenvalue weighted by Crippen LogP contribution is -2.26. The van der Waals surface area contributed by atoms with Crippen molar-refractivity contribution in [2.75, 3.05) is 13.2 Å². The van der Waals surface area contributed by atoms with Gasteiger partial charge in [-0.05, 0) is 20.3 Å². The van der Waals surface area contributed by atoms with Crippen LogP contribution in [0, 0.1) is 13.8 Å². The molecule has 0 saturated heterocycles. The lowest BCUT2D eigenvalue weighted by molar-refractivity contribution is 0.0949. The normalized spacial score (nSPS) is 10.1. The first-order chi connectivity index (χ1) is 7.15. The molecule has 1 amide bonds. The van der Waals surface area contributed by atoms with E-state index < -0.39 is 0 Å². The van der Waals surface area contributed by atoms with E-state index in [-0.39, 0.29) is 12.5 Å². The van der Waals surface area contributed by atoms with E-state index in [1.54, 1.807) is 13.8 Å². The van der Waals surface area contributed by atoms with Crippen molar-refractivity contribution in [3.05, 3.63) is 23.3 Å². The van der Waals surface area contributed by atoms with Gasteiger partial charge in [-0.25, -0.2) is 9.97 Å². The minimum Gasteiger partial charge on any atom is -0.396 e. The Hall–Kier alpha value is -1.49. The van der Waals surface area contributed by atoms with Gasteiger partial charge in [0.05, 0.1) is 11.3 Å². The summed E-state index contributed by atoms with van der Waals surface area (Å²) in [4.78, 5) is 19.6. The summed E-state index contributed by atoms with van der Waals surface area (Å²) in [6.45, 7) is 4.09. The molecule has 0 aliphatic rings. The van der Waals surface area contributed by atoms with Gasteiger partial charge in [0, 0.05) is 19.3 Å². The molecular formula is C10H15N3O2. The number of nitrogens with one attached hydrogen (secondary N) is 1. The molecule has 0 radical (unpaired) electrons. The van der Waals surface area contributed by atoms with Gasteiger partial charge in [-0.15, -0.1) is 0 Å². The Bertz CT molecular complexity index is 353. The van der Waals surface area contributed by atoms with Crippen molar-refractivity contribution in [3.8, 4) is 0 Å². The second-order valence-electron chi connectivity index (χ2n) is 3.25. The molecule has 5 heteroatoms. The van der Waals surface area contributed by atoms with Gasteiger partial charge in [0.25, 0.3) is 5.91 Å². The third kappa shape index (κ3) is 3.28. The molecule has 0 aliphatic heterocycles. The summed E-state index contributed by atoms with van der Waals surface area (Å²) in [7, 11) is 0. The quantitative estimate of drug-likeness (QED) is 0.695. The number of nitrogens with zero attached hydrogens (tertiary/aromatic N) is 2. The zero-order valence-electron chi connectivity index (χ0n) is 8.95. The van der Waals surface area contributed by atoms with E-state index in [0.717, 1.165) is 0 Å². The van der Waals surface area contributed by atoms with E-state index >= 15 is 0 Å². The van der Waals surface area contributed by atoms with E-state index in [4.69, 9.17) is 5.11 Å². The molecule has 0 aliphatic carbocycles. The maximum absolute atomic E-state index is 11.6. The van der Waals surface area contributed by atoms with Crippen LogP contribution in [0.2, 0.25) is 0 Å². The largest absolute Gasteiger partial charge is 0.396 e. The minimum atomic E-state index is -0.194. The summed E-state index contributed by atoms with van der Waals surface area (Å²) in [5, 5.41) is 11.2. The van der Waals surface area contributed by atoms with Crippen LogP contribution in [0.25, 0.3) is 0 Å². The molecule has 1 heterocycles. The smallest absolute Gasteiger partial charge is 0.254 e. The first kappa shape index (κ1) is 11.6. The number of hydrogen-bond donors (Lipinski definition) is 2. The van der Waals surface area contributed by atoms with E-state index in [1.165, 1.54) is 6.20 Å². The molecule has 1 aromatic rings. The van der Waals surface area contributed by atoms with Crippen LogP contribution >= 0.6 is 0 Å². The first-order valence-corrected chi connectivity index (χ1v) is 4.84. The Morgan fingerprint density at radius 1 is 1.53 bits per heavy atom. The summed E-state index contributed by atoms with van der Waals surface area (Å²) in [6.07, 6.45) is 2.07. The highest BCUT2D eigenvalue weighted by atomic mass is 16.3. The van der Waals surface area contributed by atoms with E-state index in [9.17, 15) is 4.79 Å². The number of aryl methyl sites for hydroxylation is 2. The summed E-state index contributed by atoms with van der Waals surface area (Å²) in [5.41, 5.74) is 1.16. The van der Waals surface area contributed by atoms with Gasteiger partial charge in [-0.3, -0.25) is 4.79 Å². The van der Waals surface area contributed by atoms with E-state index in [2.05, 4.69) is 15.3 Å². The Kier molecular flexibility index (Phi) is 4.17. The van der Waals surface area contributed by atoms with Crippen LogP contribution in [0.4, 0.5) is 0 Å². The van der Waals surface area contributed by atoms with Crippen LogP contribution in [0.5, 0.6) is 0 Å². The first-order valence-electron chi connectivity index (χ1n) is 4.84. The average Bonchev–Trinajstić information content (AvgIpc) is 2.17. The van der Waals surface area contributed by atoms with Crippen LogP contribution in [0.3, 0.4) is 0 Å². The SMILES string of the molecule is Cc1ncc(C(=O)NCCCO)c(C)n1. The van der Waals surface area contributed by atoms with Gasteiger partial charge < -0.3 is 10.4 Å². The molecule has 0 bridgehead atoms. The highest BCUT2D eigenvalue weighted by molar-refractivity contribution is 5.94. The number of aliphatic hydroxyl groups excluding tert-OH is 1. The predicted molar refractivity (Wildman–Crippen MR) is 55.5 cm³/mol. The van der Waals surface area contributed by atoms with E-state index in [1.807, 2.05) is 0 Å². The monoisotopic (exact) mass is 209 g/mol. The molecule has 2 N–H and O–H groups in total. The van der Waals surface area contributed by atoms with Crippen LogP contribution < -0.4 is 5.32 Å². The molecule has 0 aromatic carbocycles. The predicted octanol–water partition coefficient (Wildman–Crippen LogP) is 0.206. The minimum absolute atomic E-state index is 0.0731. The van der Waals surface area contributed by atoms with E-state index in [0.29, 0.717) is 30.0 Å². The molecular weight excluding hydrogens is 194 g/mol. The fraction of sp³-hybridized carbons (Fsp3) is 0.500. The lowest BCUT2D eigenvalue weighted by atomic mass is 10.2. The lowest BCUT2D eigenvalue weighted by Gasteiger charge is -2.06. The second-order valence-corrected chi connectivity index (χ2v) is 3.25. The highest BCUT2D eigenvalue weighted by Crippen LogP contribution is 2.03. The summed E-state index contributed by atoms with van der Waals surface area (Å²) >= 11 is 0.